The zero-order valence-electron chi connectivity index (χ0n) is 15.0. The summed E-state index contributed by atoms with van der Waals surface area (Å²) in [6.45, 7) is 3.85. The summed E-state index contributed by atoms with van der Waals surface area (Å²) in [5, 5.41) is 4.45. The Bertz CT molecular complexity index is 889. The van der Waals surface area contributed by atoms with Crippen molar-refractivity contribution in [3.63, 3.8) is 0 Å². The molecule has 1 aromatic heterocycles. The molecule has 2 atom stereocenters. The van der Waals surface area contributed by atoms with Gasteiger partial charge in [-0.15, -0.1) is 0 Å². The zero-order valence-corrected chi connectivity index (χ0v) is 15.0. The van der Waals surface area contributed by atoms with E-state index in [2.05, 4.69) is 34.3 Å². The molecule has 2 aromatic carbocycles. The van der Waals surface area contributed by atoms with Gasteiger partial charge in [-0.05, 0) is 17.5 Å². The fraction of sp³-hybridized carbons (Fsp3) is 0.286. The van der Waals surface area contributed by atoms with E-state index in [0.717, 1.165) is 12.0 Å². The van der Waals surface area contributed by atoms with Crippen molar-refractivity contribution in [3.8, 4) is 0 Å². The first-order valence-electron chi connectivity index (χ1n) is 8.99. The van der Waals surface area contributed by atoms with Gasteiger partial charge < -0.3 is 0 Å². The molecule has 5 heteroatoms. The van der Waals surface area contributed by atoms with Crippen molar-refractivity contribution in [2.24, 2.45) is 5.92 Å². The molecule has 1 aliphatic rings. The van der Waals surface area contributed by atoms with Gasteiger partial charge in [0, 0.05) is 5.92 Å². The molecule has 0 bridgehead atoms. The van der Waals surface area contributed by atoms with E-state index < -0.39 is 0 Å². The third-order valence-corrected chi connectivity index (χ3v) is 4.92. The molecule has 3 aromatic rings. The van der Waals surface area contributed by atoms with Crippen LogP contribution < -0.4 is 4.90 Å². The maximum atomic E-state index is 13.0. The molecule has 1 aliphatic heterocycles. The maximum absolute atomic E-state index is 13.0. The molecule has 5 nitrogen and oxygen atoms in total. The van der Waals surface area contributed by atoms with Gasteiger partial charge in [0.2, 0.25) is 11.9 Å². The number of carbonyl (C=O) groups is 1. The van der Waals surface area contributed by atoms with E-state index in [9.17, 15) is 4.79 Å². The van der Waals surface area contributed by atoms with E-state index in [-0.39, 0.29) is 23.9 Å². The maximum Gasteiger partial charge on any atom is 0.232 e. The van der Waals surface area contributed by atoms with Crippen LogP contribution >= 0.6 is 0 Å². The average Bonchev–Trinajstić information content (AvgIpc) is 3.17. The van der Waals surface area contributed by atoms with Crippen LogP contribution in [0.5, 0.6) is 0 Å². The second kappa shape index (κ2) is 6.75. The van der Waals surface area contributed by atoms with Crippen molar-refractivity contribution in [1.29, 1.82) is 0 Å². The van der Waals surface area contributed by atoms with Gasteiger partial charge in [-0.1, -0.05) is 74.5 Å². The Balaban J connectivity index is 1.85. The SMILES string of the molecule is CC(C)C(=O)N1c2ncnn2[C@H](c2ccccc2)C[C@@H]1c1ccccc1. The first-order valence-corrected chi connectivity index (χ1v) is 8.99. The molecule has 2 heterocycles. The molecule has 0 aliphatic carbocycles. The van der Waals surface area contributed by atoms with E-state index in [0.29, 0.717) is 5.95 Å². The number of fused-ring (bicyclic) bond motifs is 1. The van der Waals surface area contributed by atoms with Gasteiger partial charge in [0.1, 0.15) is 6.33 Å². The molecular formula is C21H22N4O. The van der Waals surface area contributed by atoms with Crippen molar-refractivity contribution in [2.45, 2.75) is 32.4 Å². The summed E-state index contributed by atoms with van der Waals surface area (Å²) in [6.07, 6.45) is 2.31. The van der Waals surface area contributed by atoms with E-state index in [4.69, 9.17) is 0 Å². The van der Waals surface area contributed by atoms with Crippen LogP contribution in [0, 0.1) is 5.92 Å². The average molecular weight is 346 g/mol. The number of hydrogen-bond donors (Lipinski definition) is 0. The first-order chi connectivity index (χ1) is 12.7. The molecule has 0 fully saturated rings. The van der Waals surface area contributed by atoms with Crippen LogP contribution in [0.3, 0.4) is 0 Å². The Morgan fingerprint density at radius 1 is 0.962 bits per heavy atom. The lowest BCUT2D eigenvalue weighted by atomic mass is 9.91. The first kappa shape index (κ1) is 16.5. The van der Waals surface area contributed by atoms with Gasteiger partial charge in [0.15, 0.2) is 0 Å². The molecule has 0 radical (unpaired) electrons. The number of nitrogens with zero attached hydrogens (tertiary/aromatic N) is 4. The highest BCUT2D eigenvalue weighted by Gasteiger charge is 2.39. The Kier molecular flexibility index (Phi) is 4.29. The number of carbonyl (C=O) groups excluding carboxylic acids is 1. The minimum atomic E-state index is -0.111. The lowest BCUT2D eigenvalue weighted by Crippen LogP contribution is -2.44. The number of anilines is 1. The van der Waals surface area contributed by atoms with Crippen LogP contribution in [0.4, 0.5) is 5.95 Å². The molecular weight excluding hydrogens is 324 g/mol. The van der Waals surface area contributed by atoms with Crippen molar-refractivity contribution < 1.29 is 4.79 Å². The summed E-state index contributed by atoms with van der Waals surface area (Å²) in [4.78, 5) is 19.3. The van der Waals surface area contributed by atoms with Gasteiger partial charge in [0.25, 0.3) is 0 Å². The van der Waals surface area contributed by atoms with Crippen LogP contribution in [-0.2, 0) is 4.79 Å². The van der Waals surface area contributed by atoms with Crippen molar-refractivity contribution >= 4 is 11.9 Å². The topological polar surface area (TPSA) is 51.0 Å². The predicted molar refractivity (Wildman–Crippen MR) is 101 cm³/mol. The fourth-order valence-electron chi connectivity index (χ4n) is 3.64. The third-order valence-electron chi connectivity index (χ3n) is 4.92. The molecule has 4 rings (SSSR count). The molecule has 132 valence electrons. The molecule has 0 N–H and O–H groups in total. The number of aromatic nitrogens is 3. The van der Waals surface area contributed by atoms with Crippen LogP contribution in [-0.4, -0.2) is 20.7 Å². The molecule has 0 spiro atoms. The third kappa shape index (κ3) is 2.79. The molecule has 1 amide bonds. The molecule has 26 heavy (non-hydrogen) atoms. The van der Waals surface area contributed by atoms with Crippen LogP contribution in [0.2, 0.25) is 0 Å². The van der Waals surface area contributed by atoms with Crippen molar-refractivity contribution in [2.75, 3.05) is 4.90 Å². The van der Waals surface area contributed by atoms with E-state index >= 15 is 0 Å². The zero-order chi connectivity index (χ0) is 18.1. The second-order valence-corrected chi connectivity index (χ2v) is 6.96. The van der Waals surface area contributed by atoms with Gasteiger partial charge in [0.05, 0.1) is 12.1 Å². The minimum Gasteiger partial charge on any atom is -0.274 e. The van der Waals surface area contributed by atoms with Gasteiger partial charge in [-0.25, -0.2) is 4.68 Å². The quantitative estimate of drug-likeness (QED) is 0.720. The Hall–Kier alpha value is -2.95. The smallest absolute Gasteiger partial charge is 0.232 e. The second-order valence-electron chi connectivity index (χ2n) is 6.96. The summed E-state index contributed by atoms with van der Waals surface area (Å²) in [5.74, 6) is 0.580. The molecule has 0 unspecified atom stereocenters. The standard InChI is InChI=1S/C21H22N4O/c1-15(2)20(26)24-18(16-9-5-3-6-10-16)13-19(17-11-7-4-8-12-17)25-21(24)22-14-23-25/h3-12,14-15,18-19H,13H2,1-2H3/t18-,19+/m1/s1. The lowest BCUT2D eigenvalue weighted by molar-refractivity contribution is -0.122. The monoisotopic (exact) mass is 346 g/mol. The summed E-state index contributed by atoms with van der Waals surface area (Å²) in [7, 11) is 0. The highest BCUT2D eigenvalue weighted by atomic mass is 16.2. The largest absolute Gasteiger partial charge is 0.274 e. The van der Waals surface area contributed by atoms with E-state index in [1.54, 1.807) is 6.33 Å². The Labute approximate surface area is 153 Å². The van der Waals surface area contributed by atoms with Crippen LogP contribution in [0.15, 0.2) is 67.0 Å². The summed E-state index contributed by atoms with van der Waals surface area (Å²) in [6, 6.07) is 20.5. The lowest BCUT2D eigenvalue weighted by Gasteiger charge is -2.39. The van der Waals surface area contributed by atoms with Crippen LogP contribution in [0.25, 0.3) is 0 Å². The van der Waals surface area contributed by atoms with Crippen molar-refractivity contribution in [3.05, 3.63) is 78.1 Å². The van der Waals surface area contributed by atoms with Gasteiger partial charge in [-0.2, -0.15) is 10.1 Å². The number of rotatable bonds is 3. The van der Waals surface area contributed by atoms with Crippen LogP contribution in [0.1, 0.15) is 43.5 Å². The summed E-state index contributed by atoms with van der Waals surface area (Å²) in [5.41, 5.74) is 2.30. The normalized spacial score (nSPS) is 19.4. The summed E-state index contributed by atoms with van der Waals surface area (Å²) >= 11 is 0. The molecule has 0 saturated heterocycles. The fourth-order valence-corrected chi connectivity index (χ4v) is 3.64. The number of amides is 1. The Morgan fingerprint density at radius 2 is 1.54 bits per heavy atom. The van der Waals surface area contributed by atoms with E-state index in [1.165, 1.54) is 5.56 Å². The highest BCUT2D eigenvalue weighted by molar-refractivity contribution is 5.94. The Morgan fingerprint density at radius 3 is 2.12 bits per heavy atom. The highest BCUT2D eigenvalue weighted by Crippen LogP contribution is 2.42. The van der Waals surface area contributed by atoms with E-state index in [1.807, 2.05) is 59.8 Å². The number of hydrogen-bond acceptors (Lipinski definition) is 3. The van der Waals surface area contributed by atoms with Crippen molar-refractivity contribution in [1.82, 2.24) is 14.8 Å². The van der Waals surface area contributed by atoms with Gasteiger partial charge in [-0.3, -0.25) is 9.69 Å². The summed E-state index contributed by atoms with van der Waals surface area (Å²) < 4.78 is 1.88. The minimum absolute atomic E-state index is 0.0510. The molecule has 0 saturated carbocycles. The number of benzene rings is 2. The van der Waals surface area contributed by atoms with Gasteiger partial charge >= 0.3 is 0 Å². The predicted octanol–water partition coefficient (Wildman–Crippen LogP) is 4.00.